The third-order valence-corrected chi connectivity index (χ3v) is 3.51. The molecule has 0 amide bonds. The van der Waals surface area contributed by atoms with Crippen LogP contribution in [0.1, 0.15) is 16.7 Å². The van der Waals surface area contributed by atoms with E-state index in [-0.39, 0.29) is 5.75 Å². The number of fused-ring (bicyclic) bond motifs is 1. The lowest BCUT2D eigenvalue weighted by Crippen LogP contribution is -2.09. The Morgan fingerprint density at radius 3 is 2.55 bits per heavy atom. The summed E-state index contributed by atoms with van der Waals surface area (Å²) in [5.74, 6) is 0.0140. The van der Waals surface area contributed by atoms with Crippen LogP contribution < -0.4 is 5.63 Å². The smallest absolute Gasteiger partial charge is 0.343 e. The van der Waals surface area contributed by atoms with E-state index in [0.29, 0.717) is 23.0 Å². The predicted molar refractivity (Wildman–Crippen MR) is 78.1 cm³/mol. The Morgan fingerprint density at radius 2 is 1.75 bits per heavy atom. The first-order valence-electron chi connectivity index (χ1n) is 6.45. The Labute approximate surface area is 116 Å². The quantitative estimate of drug-likeness (QED) is 0.723. The van der Waals surface area contributed by atoms with Crippen LogP contribution >= 0.6 is 0 Å². The maximum Gasteiger partial charge on any atom is 0.343 e. The van der Waals surface area contributed by atoms with Crippen LogP contribution in [0.15, 0.2) is 57.7 Å². The van der Waals surface area contributed by atoms with E-state index in [2.05, 4.69) is 0 Å². The maximum atomic E-state index is 12.0. The lowest BCUT2D eigenvalue weighted by molar-refractivity contribution is 0.458. The van der Waals surface area contributed by atoms with E-state index >= 15 is 0 Å². The van der Waals surface area contributed by atoms with Crippen LogP contribution in [0.4, 0.5) is 0 Å². The van der Waals surface area contributed by atoms with Crippen LogP contribution in [0.25, 0.3) is 11.0 Å². The largest absolute Gasteiger partial charge is 0.507 e. The van der Waals surface area contributed by atoms with Gasteiger partial charge in [-0.25, -0.2) is 4.79 Å². The number of hydrogen-bond donors (Lipinski definition) is 1. The standard InChI is InChI=1S/C17H14O3/c1-11-6-2-3-7-12(11)10-14-16(18)13-8-4-5-9-15(13)20-17(14)19/h2-9,18H,10H2,1H3. The number of benzene rings is 2. The van der Waals surface area contributed by atoms with Crippen LogP contribution in [0.5, 0.6) is 5.75 Å². The molecule has 100 valence electrons. The van der Waals surface area contributed by atoms with Gasteiger partial charge in [0.05, 0.1) is 10.9 Å². The van der Waals surface area contributed by atoms with Crippen molar-refractivity contribution in [3.8, 4) is 5.75 Å². The molecule has 20 heavy (non-hydrogen) atoms. The van der Waals surface area contributed by atoms with E-state index in [1.807, 2.05) is 31.2 Å². The van der Waals surface area contributed by atoms with Crippen molar-refractivity contribution in [2.45, 2.75) is 13.3 Å². The predicted octanol–water partition coefficient (Wildman–Crippen LogP) is 3.40. The Kier molecular flexibility index (Phi) is 3.03. The molecular weight excluding hydrogens is 252 g/mol. The van der Waals surface area contributed by atoms with Gasteiger partial charge in [-0.3, -0.25) is 0 Å². The van der Waals surface area contributed by atoms with E-state index < -0.39 is 5.63 Å². The zero-order valence-corrected chi connectivity index (χ0v) is 11.1. The second-order valence-electron chi connectivity index (χ2n) is 4.82. The van der Waals surface area contributed by atoms with Gasteiger partial charge in [0, 0.05) is 6.42 Å². The van der Waals surface area contributed by atoms with Crippen molar-refractivity contribution in [3.63, 3.8) is 0 Å². The molecule has 0 spiro atoms. The molecule has 0 saturated heterocycles. The van der Waals surface area contributed by atoms with Crippen molar-refractivity contribution in [1.82, 2.24) is 0 Å². The van der Waals surface area contributed by atoms with Gasteiger partial charge in [-0.05, 0) is 30.2 Å². The van der Waals surface area contributed by atoms with Crippen LogP contribution in [0.2, 0.25) is 0 Å². The fourth-order valence-corrected chi connectivity index (χ4v) is 2.33. The monoisotopic (exact) mass is 266 g/mol. The second kappa shape index (κ2) is 4.85. The topological polar surface area (TPSA) is 50.4 Å². The highest BCUT2D eigenvalue weighted by Crippen LogP contribution is 2.27. The molecule has 0 fully saturated rings. The Bertz CT molecular complexity index is 831. The van der Waals surface area contributed by atoms with Crippen LogP contribution in [0, 0.1) is 6.92 Å². The van der Waals surface area contributed by atoms with Crippen LogP contribution in [-0.2, 0) is 6.42 Å². The van der Waals surface area contributed by atoms with E-state index in [9.17, 15) is 9.90 Å². The van der Waals surface area contributed by atoms with Gasteiger partial charge in [-0.1, -0.05) is 36.4 Å². The summed E-state index contributed by atoms with van der Waals surface area (Å²) in [5, 5.41) is 10.9. The number of hydrogen-bond acceptors (Lipinski definition) is 3. The van der Waals surface area contributed by atoms with Gasteiger partial charge in [0.2, 0.25) is 0 Å². The first kappa shape index (κ1) is 12.5. The minimum absolute atomic E-state index is 0.0140. The lowest BCUT2D eigenvalue weighted by Gasteiger charge is -2.08. The molecule has 3 heteroatoms. The molecule has 0 radical (unpaired) electrons. The molecule has 0 bridgehead atoms. The third-order valence-electron chi connectivity index (χ3n) is 3.51. The molecule has 0 atom stereocenters. The molecule has 2 aromatic carbocycles. The molecule has 0 aliphatic rings. The van der Waals surface area contributed by atoms with Crippen molar-refractivity contribution >= 4 is 11.0 Å². The van der Waals surface area contributed by atoms with E-state index in [0.717, 1.165) is 11.1 Å². The van der Waals surface area contributed by atoms with E-state index in [4.69, 9.17) is 4.42 Å². The molecule has 0 unspecified atom stereocenters. The summed E-state index contributed by atoms with van der Waals surface area (Å²) >= 11 is 0. The first-order valence-corrected chi connectivity index (χ1v) is 6.45. The van der Waals surface area contributed by atoms with Gasteiger partial charge in [0.25, 0.3) is 0 Å². The average molecular weight is 266 g/mol. The summed E-state index contributed by atoms with van der Waals surface area (Å²) in [6.07, 6.45) is 0.367. The minimum atomic E-state index is -0.482. The summed E-state index contributed by atoms with van der Waals surface area (Å²) in [7, 11) is 0. The minimum Gasteiger partial charge on any atom is -0.507 e. The van der Waals surface area contributed by atoms with Crippen LogP contribution in [0.3, 0.4) is 0 Å². The zero-order chi connectivity index (χ0) is 14.1. The summed E-state index contributed by atoms with van der Waals surface area (Å²) in [6.45, 7) is 1.98. The molecule has 3 rings (SSSR count). The average Bonchev–Trinajstić information content (AvgIpc) is 2.45. The van der Waals surface area contributed by atoms with Crippen molar-refractivity contribution in [2.75, 3.05) is 0 Å². The summed E-state index contributed by atoms with van der Waals surface area (Å²) in [5.41, 5.74) is 2.32. The number of aryl methyl sites for hydroxylation is 1. The first-order chi connectivity index (χ1) is 9.66. The maximum absolute atomic E-state index is 12.0. The number of aromatic hydroxyl groups is 1. The molecule has 0 saturated carbocycles. The van der Waals surface area contributed by atoms with Gasteiger partial charge in [0.15, 0.2) is 0 Å². The third kappa shape index (κ3) is 2.07. The highest BCUT2D eigenvalue weighted by Gasteiger charge is 2.14. The van der Waals surface area contributed by atoms with Crippen molar-refractivity contribution in [3.05, 3.63) is 75.6 Å². The number of para-hydroxylation sites is 1. The van der Waals surface area contributed by atoms with Gasteiger partial charge in [-0.15, -0.1) is 0 Å². The fourth-order valence-electron chi connectivity index (χ4n) is 2.33. The van der Waals surface area contributed by atoms with Crippen molar-refractivity contribution in [2.24, 2.45) is 0 Å². The molecule has 0 aliphatic carbocycles. The highest BCUT2D eigenvalue weighted by molar-refractivity contribution is 5.84. The second-order valence-corrected chi connectivity index (χ2v) is 4.82. The summed E-state index contributed by atoms with van der Waals surface area (Å²) in [4.78, 5) is 12.0. The SMILES string of the molecule is Cc1ccccc1Cc1c(O)c2ccccc2oc1=O. The normalized spacial score (nSPS) is 10.8. The summed E-state index contributed by atoms with van der Waals surface area (Å²) < 4.78 is 5.27. The molecule has 3 aromatic rings. The van der Waals surface area contributed by atoms with Gasteiger partial charge < -0.3 is 9.52 Å². The fraction of sp³-hybridized carbons (Fsp3) is 0.118. The molecule has 0 aliphatic heterocycles. The Morgan fingerprint density at radius 1 is 1.05 bits per heavy atom. The molecule has 3 nitrogen and oxygen atoms in total. The molecule has 1 heterocycles. The van der Waals surface area contributed by atoms with E-state index in [1.54, 1.807) is 24.3 Å². The highest BCUT2D eigenvalue weighted by atomic mass is 16.4. The molecular formula is C17H14O3. The number of rotatable bonds is 2. The Balaban J connectivity index is 2.17. The lowest BCUT2D eigenvalue weighted by atomic mass is 10.0. The van der Waals surface area contributed by atoms with Gasteiger partial charge in [0.1, 0.15) is 11.3 Å². The molecule has 1 N–H and O–H groups in total. The van der Waals surface area contributed by atoms with E-state index in [1.165, 1.54) is 0 Å². The Hall–Kier alpha value is -2.55. The summed E-state index contributed by atoms with van der Waals surface area (Å²) in [6, 6.07) is 14.8. The van der Waals surface area contributed by atoms with Crippen LogP contribution in [-0.4, -0.2) is 5.11 Å². The molecule has 1 aromatic heterocycles. The van der Waals surface area contributed by atoms with Crippen molar-refractivity contribution < 1.29 is 9.52 Å². The van der Waals surface area contributed by atoms with Crippen molar-refractivity contribution in [1.29, 1.82) is 0 Å². The zero-order valence-electron chi connectivity index (χ0n) is 11.1. The van der Waals surface area contributed by atoms with Gasteiger partial charge >= 0.3 is 5.63 Å². The van der Waals surface area contributed by atoms with Gasteiger partial charge in [-0.2, -0.15) is 0 Å².